The first-order chi connectivity index (χ1) is 16.2. The summed E-state index contributed by atoms with van der Waals surface area (Å²) < 4.78 is 47.2. The molecule has 10 heteroatoms. The Labute approximate surface area is 194 Å². The number of hydrogen-bond acceptors (Lipinski definition) is 6. The maximum atomic E-state index is 12.7. The number of carbonyl (C=O) groups excluding carboxylic acids is 2. The number of likely N-dealkylation sites (tertiary alicyclic amines) is 1. The van der Waals surface area contributed by atoms with Crippen molar-refractivity contribution in [1.29, 1.82) is 5.26 Å². The average Bonchev–Trinajstić information content (AvgIpc) is 3.18. The number of nitriles is 1. The van der Waals surface area contributed by atoms with E-state index in [0.717, 1.165) is 30.2 Å². The zero-order chi connectivity index (χ0) is 24.3. The van der Waals surface area contributed by atoms with E-state index in [0.29, 0.717) is 38.1 Å². The van der Waals surface area contributed by atoms with Crippen LogP contribution in [0.1, 0.15) is 39.9 Å². The molecule has 0 bridgehead atoms. The summed E-state index contributed by atoms with van der Waals surface area (Å²) in [6.07, 6.45) is -3.00. The third-order valence-electron chi connectivity index (χ3n) is 6.02. The zero-order valence-electron chi connectivity index (χ0n) is 18.2. The molecule has 0 aromatic heterocycles. The third kappa shape index (κ3) is 5.66. The van der Waals surface area contributed by atoms with Crippen LogP contribution in [0.3, 0.4) is 0 Å². The van der Waals surface area contributed by atoms with Gasteiger partial charge in [0.15, 0.2) is 5.75 Å². The SMILES string of the molecule is N#Cc1ccc(NC(=O)C2CCN(CCc3ccc4c(c3)COC4=O)CC2)c(OC(F)(F)F)c1. The molecule has 1 N–H and O–H groups in total. The molecular weight excluding hydrogens is 451 g/mol. The van der Waals surface area contributed by atoms with Gasteiger partial charge in [-0.1, -0.05) is 12.1 Å². The van der Waals surface area contributed by atoms with Gasteiger partial charge in [-0.05, 0) is 56.1 Å². The molecule has 1 saturated heterocycles. The van der Waals surface area contributed by atoms with E-state index < -0.39 is 12.1 Å². The summed E-state index contributed by atoms with van der Waals surface area (Å²) in [6.45, 7) is 2.46. The van der Waals surface area contributed by atoms with Crippen LogP contribution in [0.4, 0.5) is 18.9 Å². The van der Waals surface area contributed by atoms with Crippen molar-refractivity contribution in [2.45, 2.75) is 32.2 Å². The first-order valence-electron chi connectivity index (χ1n) is 10.8. The summed E-state index contributed by atoms with van der Waals surface area (Å²) in [4.78, 5) is 26.5. The summed E-state index contributed by atoms with van der Waals surface area (Å²) in [5, 5.41) is 11.5. The number of esters is 1. The molecule has 2 aromatic carbocycles. The van der Waals surface area contributed by atoms with Gasteiger partial charge >= 0.3 is 12.3 Å². The van der Waals surface area contributed by atoms with Gasteiger partial charge in [0.2, 0.25) is 5.91 Å². The van der Waals surface area contributed by atoms with E-state index in [4.69, 9.17) is 10.00 Å². The van der Waals surface area contributed by atoms with Crippen molar-refractivity contribution in [3.8, 4) is 11.8 Å². The first kappa shape index (κ1) is 23.6. The van der Waals surface area contributed by atoms with Gasteiger partial charge in [-0.25, -0.2) is 4.79 Å². The van der Waals surface area contributed by atoms with E-state index in [9.17, 15) is 22.8 Å². The van der Waals surface area contributed by atoms with E-state index in [1.807, 2.05) is 12.1 Å². The topological polar surface area (TPSA) is 91.7 Å². The lowest BCUT2D eigenvalue weighted by molar-refractivity contribution is -0.274. The van der Waals surface area contributed by atoms with Crippen molar-refractivity contribution in [1.82, 2.24) is 4.90 Å². The van der Waals surface area contributed by atoms with Crippen molar-refractivity contribution < 1.29 is 32.2 Å². The number of carbonyl (C=O) groups is 2. The summed E-state index contributed by atoms with van der Waals surface area (Å²) in [6, 6.07) is 11.0. The summed E-state index contributed by atoms with van der Waals surface area (Å²) in [7, 11) is 0. The number of fused-ring (bicyclic) bond motifs is 1. The quantitative estimate of drug-likeness (QED) is 0.638. The van der Waals surface area contributed by atoms with Crippen LogP contribution >= 0.6 is 0 Å². The molecule has 2 aliphatic rings. The van der Waals surface area contributed by atoms with E-state index in [1.165, 1.54) is 12.1 Å². The maximum Gasteiger partial charge on any atom is 0.573 e. The lowest BCUT2D eigenvalue weighted by Crippen LogP contribution is -2.39. The van der Waals surface area contributed by atoms with Crippen LogP contribution in [0, 0.1) is 17.2 Å². The van der Waals surface area contributed by atoms with Gasteiger partial charge in [-0.2, -0.15) is 5.26 Å². The predicted octanol–water partition coefficient (Wildman–Crippen LogP) is 4.02. The van der Waals surface area contributed by atoms with Crippen LogP contribution in [0.2, 0.25) is 0 Å². The van der Waals surface area contributed by atoms with Crippen LogP contribution in [0.25, 0.3) is 0 Å². The summed E-state index contributed by atoms with van der Waals surface area (Å²) in [5.41, 5.74) is 2.49. The van der Waals surface area contributed by atoms with E-state index in [1.54, 1.807) is 12.1 Å². The molecule has 178 valence electrons. The second-order valence-electron chi connectivity index (χ2n) is 8.29. The molecule has 0 atom stereocenters. The summed E-state index contributed by atoms with van der Waals surface area (Å²) >= 11 is 0. The number of nitrogens with zero attached hydrogens (tertiary/aromatic N) is 2. The number of piperidine rings is 1. The van der Waals surface area contributed by atoms with Crippen LogP contribution in [0.5, 0.6) is 5.75 Å². The highest BCUT2D eigenvalue weighted by Gasteiger charge is 2.33. The Balaban J connectivity index is 1.29. The number of anilines is 1. The highest BCUT2D eigenvalue weighted by atomic mass is 19.4. The minimum absolute atomic E-state index is 0.00643. The van der Waals surface area contributed by atoms with Crippen molar-refractivity contribution in [3.63, 3.8) is 0 Å². The van der Waals surface area contributed by atoms with Gasteiger partial charge < -0.3 is 19.7 Å². The second kappa shape index (κ2) is 9.73. The Morgan fingerprint density at radius 2 is 1.97 bits per heavy atom. The Morgan fingerprint density at radius 1 is 1.21 bits per heavy atom. The van der Waals surface area contributed by atoms with Gasteiger partial charge in [0.1, 0.15) is 6.61 Å². The highest BCUT2D eigenvalue weighted by molar-refractivity contribution is 5.94. The number of benzene rings is 2. The molecule has 0 saturated carbocycles. The second-order valence-corrected chi connectivity index (χ2v) is 8.29. The van der Waals surface area contributed by atoms with Crippen LogP contribution < -0.4 is 10.1 Å². The molecular formula is C24H22F3N3O4. The molecule has 2 aliphatic heterocycles. The molecule has 7 nitrogen and oxygen atoms in total. The van der Waals surface area contributed by atoms with Crippen molar-refractivity contribution in [2.75, 3.05) is 25.0 Å². The number of ether oxygens (including phenoxy) is 2. The zero-order valence-corrected chi connectivity index (χ0v) is 18.2. The number of cyclic esters (lactones) is 1. The number of hydrogen-bond donors (Lipinski definition) is 1. The molecule has 2 heterocycles. The van der Waals surface area contributed by atoms with Crippen molar-refractivity contribution in [2.24, 2.45) is 5.92 Å². The molecule has 0 spiro atoms. The lowest BCUT2D eigenvalue weighted by Gasteiger charge is -2.31. The fourth-order valence-electron chi connectivity index (χ4n) is 4.19. The maximum absolute atomic E-state index is 12.7. The van der Waals surface area contributed by atoms with E-state index >= 15 is 0 Å². The van der Waals surface area contributed by atoms with Gasteiger partial charge in [0, 0.05) is 24.1 Å². The smallest absolute Gasteiger partial charge is 0.457 e. The minimum atomic E-state index is -4.94. The van der Waals surface area contributed by atoms with Crippen molar-refractivity contribution >= 4 is 17.6 Å². The molecule has 0 radical (unpaired) electrons. The van der Waals surface area contributed by atoms with Crippen molar-refractivity contribution in [3.05, 3.63) is 58.7 Å². The fraction of sp³-hybridized carbons (Fsp3) is 0.375. The molecule has 0 aliphatic carbocycles. The Kier molecular flexibility index (Phi) is 6.75. The summed E-state index contributed by atoms with van der Waals surface area (Å²) in [5.74, 6) is -1.62. The number of amides is 1. The van der Waals surface area contributed by atoms with Gasteiger partial charge in [0.05, 0.1) is 22.9 Å². The average molecular weight is 473 g/mol. The lowest BCUT2D eigenvalue weighted by atomic mass is 9.95. The Bertz CT molecular complexity index is 1140. The molecule has 2 aromatic rings. The molecule has 0 unspecified atom stereocenters. The number of alkyl halides is 3. The van der Waals surface area contributed by atoms with Gasteiger partial charge in [-0.3, -0.25) is 4.79 Å². The molecule has 4 rings (SSSR count). The number of rotatable bonds is 6. The highest BCUT2D eigenvalue weighted by Crippen LogP contribution is 2.32. The van der Waals surface area contributed by atoms with E-state index in [-0.39, 0.29) is 29.0 Å². The standard InChI is InChI=1S/C24H22F3N3O4/c25-24(26,27)34-21-12-16(13-28)2-4-20(21)29-22(31)17-6-9-30(10-7-17)8-5-15-1-3-19-18(11-15)14-33-23(19)32/h1-4,11-12,17H,5-10,14H2,(H,29,31). The number of halogens is 3. The van der Waals surface area contributed by atoms with E-state index in [2.05, 4.69) is 15.0 Å². The molecule has 1 amide bonds. The van der Waals surface area contributed by atoms with Gasteiger partial charge in [-0.15, -0.1) is 13.2 Å². The fourth-order valence-corrected chi connectivity index (χ4v) is 4.19. The van der Waals surface area contributed by atoms with Crippen LogP contribution in [0.15, 0.2) is 36.4 Å². The normalized spacial score (nSPS) is 16.5. The Morgan fingerprint density at radius 3 is 2.68 bits per heavy atom. The third-order valence-corrected chi connectivity index (χ3v) is 6.02. The largest absolute Gasteiger partial charge is 0.573 e. The molecule has 1 fully saturated rings. The molecule has 34 heavy (non-hydrogen) atoms. The Hall–Kier alpha value is -3.58. The first-order valence-corrected chi connectivity index (χ1v) is 10.8. The van der Waals surface area contributed by atoms with Crippen LogP contribution in [-0.4, -0.2) is 42.8 Å². The van der Waals surface area contributed by atoms with Gasteiger partial charge in [0.25, 0.3) is 0 Å². The minimum Gasteiger partial charge on any atom is -0.457 e. The predicted molar refractivity (Wildman–Crippen MR) is 115 cm³/mol. The van der Waals surface area contributed by atoms with Crippen LogP contribution in [-0.2, 0) is 22.6 Å². The number of nitrogens with one attached hydrogen (secondary N) is 1. The monoisotopic (exact) mass is 473 g/mol.